The van der Waals surface area contributed by atoms with E-state index in [1.165, 1.54) is 59.2 Å². The normalized spacial score (nSPS) is 18.2. The molecule has 1 aliphatic rings. The molecule has 0 saturated heterocycles. The summed E-state index contributed by atoms with van der Waals surface area (Å²) in [5, 5.41) is 3.77. The van der Waals surface area contributed by atoms with Crippen LogP contribution in [0.15, 0.2) is 21.5 Å². The predicted molar refractivity (Wildman–Crippen MR) is 93.6 cm³/mol. The standard InChI is InChI=1S/C17H26BrNS/c1-3-11-19-16(15-12-13(2)17(18)20-15)14-9-7-5-4-6-8-10-14/h9,12,16,19H,3-8,10-11H2,1-2H3. The SMILES string of the molecule is CCCNC(C1=CCCCCCC1)c1cc(C)c(Br)s1. The van der Waals surface area contributed by atoms with Gasteiger partial charge in [0, 0.05) is 4.88 Å². The lowest BCUT2D eigenvalue weighted by atomic mass is 9.94. The molecule has 1 atom stereocenters. The summed E-state index contributed by atoms with van der Waals surface area (Å²) in [4.78, 5) is 1.47. The van der Waals surface area contributed by atoms with E-state index in [-0.39, 0.29) is 0 Å². The van der Waals surface area contributed by atoms with Crippen LogP contribution in [-0.4, -0.2) is 6.54 Å². The van der Waals surface area contributed by atoms with Crippen molar-refractivity contribution in [3.8, 4) is 0 Å². The third kappa shape index (κ3) is 4.44. The first-order valence-electron chi connectivity index (χ1n) is 7.90. The van der Waals surface area contributed by atoms with Crippen molar-refractivity contribution in [3.63, 3.8) is 0 Å². The molecule has 0 fully saturated rings. The lowest BCUT2D eigenvalue weighted by Gasteiger charge is -2.22. The number of allylic oxidation sites excluding steroid dienone is 1. The molecule has 3 heteroatoms. The summed E-state index contributed by atoms with van der Waals surface area (Å²) in [5.74, 6) is 0. The average molecular weight is 356 g/mol. The molecular weight excluding hydrogens is 330 g/mol. The second-order valence-corrected chi connectivity index (χ2v) is 8.13. The van der Waals surface area contributed by atoms with Gasteiger partial charge in [0.1, 0.15) is 0 Å². The van der Waals surface area contributed by atoms with E-state index in [0.717, 1.165) is 6.54 Å². The summed E-state index contributed by atoms with van der Waals surface area (Å²) in [6.45, 7) is 5.52. The highest BCUT2D eigenvalue weighted by Gasteiger charge is 2.19. The second kappa shape index (κ2) is 8.35. The molecule has 0 saturated carbocycles. The zero-order valence-electron chi connectivity index (χ0n) is 12.7. The lowest BCUT2D eigenvalue weighted by Crippen LogP contribution is -2.23. The number of rotatable bonds is 5. The highest BCUT2D eigenvalue weighted by Crippen LogP contribution is 2.36. The van der Waals surface area contributed by atoms with E-state index in [9.17, 15) is 0 Å². The molecule has 0 amide bonds. The van der Waals surface area contributed by atoms with Crippen LogP contribution >= 0.6 is 27.3 Å². The maximum absolute atomic E-state index is 3.77. The Morgan fingerprint density at radius 1 is 1.30 bits per heavy atom. The van der Waals surface area contributed by atoms with Crippen LogP contribution in [0, 0.1) is 6.92 Å². The summed E-state index contributed by atoms with van der Waals surface area (Å²) in [5.41, 5.74) is 2.98. The number of hydrogen-bond donors (Lipinski definition) is 1. The van der Waals surface area contributed by atoms with Crippen molar-refractivity contribution >= 4 is 27.3 Å². The van der Waals surface area contributed by atoms with E-state index in [2.05, 4.69) is 47.2 Å². The third-order valence-electron chi connectivity index (χ3n) is 3.96. The first-order valence-corrected chi connectivity index (χ1v) is 9.51. The molecule has 0 aliphatic heterocycles. The largest absolute Gasteiger partial charge is 0.306 e. The Morgan fingerprint density at radius 3 is 2.80 bits per heavy atom. The molecule has 1 aliphatic carbocycles. The van der Waals surface area contributed by atoms with Gasteiger partial charge in [-0.1, -0.05) is 31.4 Å². The van der Waals surface area contributed by atoms with Crippen LogP contribution in [0.2, 0.25) is 0 Å². The van der Waals surface area contributed by atoms with E-state index >= 15 is 0 Å². The highest BCUT2D eigenvalue weighted by atomic mass is 79.9. The molecule has 2 rings (SSSR count). The van der Waals surface area contributed by atoms with Crippen molar-refractivity contribution in [1.82, 2.24) is 5.32 Å². The van der Waals surface area contributed by atoms with E-state index in [0.29, 0.717) is 6.04 Å². The summed E-state index contributed by atoms with van der Waals surface area (Å²) >= 11 is 5.57. The van der Waals surface area contributed by atoms with Crippen molar-refractivity contribution in [2.75, 3.05) is 6.54 Å². The Bertz CT molecular complexity index is 430. The zero-order chi connectivity index (χ0) is 14.4. The molecule has 1 nitrogen and oxygen atoms in total. The predicted octanol–water partition coefficient (Wildman–Crippen LogP) is 6.14. The van der Waals surface area contributed by atoms with Gasteiger partial charge in [-0.15, -0.1) is 11.3 Å². The molecule has 0 bridgehead atoms. The maximum atomic E-state index is 3.77. The van der Waals surface area contributed by atoms with E-state index in [1.807, 2.05) is 11.3 Å². The molecule has 0 spiro atoms. The molecule has 112 valence electrons. The molecular formula is C17H26BrNS. The minimum Gasteiger partial charge on any atom is -0.306 e. The van der Waals surface area contributed by atoms with Gasteiger partial charge in [-0.25, -0.2) is 0 Å². The van der Waals surface area contributed by atoms with Gasteiger partial charge in [0.2, 0.25) is 0 Å². The van der Waals surface area contributed by atoms with Crippen molar-refractivity contribution in [3.05, 3.63) is 31.9 Å². The molecule has 20 heavy (non-hydrogen) atoms. The monoisotopic (exact) mass is 355 g/mol. The van der Waals surface area contributed by atoms with Crippen LogP contribution in [0.1, 0.15) is 68.4 Å². The smallest absolute Gasteiger partial charge is 0.0731 e. The number of hydrogen-bond acceptors (Lipinski definition) is 2. The van der Waals surface area contributed by atoms with Crippen molar-refractivity contribution < 1.29 is 0 Å². The second-order valence-electron chi connectivity index (χ2n) is 5.72. The van der Waals surface area contributed by atoms with Crippen LogP contribution in [0.5, 0.6) is 0 Å². The fraction of sp³-hybridized carbons (Fsp3) is 0.647. The van der Waals surface area contributed by atoms with E-state index < -0.39 is 0 Å². The van der Waals surface area contributed by atoms with Crippen LogP contribution < -0.4 is 5.32 Å². The van der Waals surface area contributed by atoms with Crippen molar-refractivity contribution in [2.45, 2.75) is 64.8 Å². The topological polar surface area (TPSA) is 12.0 Å². The third-order valence-corrected chi connectivity index (χ3v) is 6.16. The Balaban J connectivity index is 2.20. The first kappa shape index (κ1) is 16.3. The molecule has 0 aromatic carbocycles. The molecule has 1 N–H and O–H groups in total. The molecule has 1 unspecified atom stereocenters. The number of halogens is 1. The number of nitrogens with one attached hydrogen (secondary N) is 1. The minimum atomic E-state index is 0.433. The van der Waals surface area contributed by atoms with Crippen LogP contribution in [-0.2, 0) is 0 Å². The van der Waals surface area contributed by atoms with Gasteiger partial charge < -0.3 is 5.32 Å². The Kier molecular flexibility index (Phi) is 6.79. The van der Waals surface area contributed by atoms with Gasteiger partial charge >= 0.3 is 0 Å². The van der Waals surface area contributed by atoms with Gasteiger partial charge in [-0.05, 0) is 73.1 Å². The number of aryl methyl sites for hydroxylation is 1. The van der Waals surface area contributed by atoms with Crippen molar-refractivity contribution in [1.29, 1.82) is 0 Å². The molecule has 1 heterocycles. The quantitative estimate of drug-likeness (QED) is 0.625. The van der Waals surface area contributed by atoms with Gasteiger partial charge in [0.15, 0.2) is 0 Å². The Hall–Kier alpha value is -0.120. The van der Waals surface area contributed by atoms with Gasteiger partial charge in [0.25, 0.3) is 0 Å². The summed E-state index contributed by atoms with van der Waals surface area (Å²) in [6, 6.07) is 2.78. The van der Waals surface area contributed by atoms with Gasteiger partial charge in [-0.2, -0.15) is 0 Å². The van der Waals surface area contributed by atoms with Crippen molar-refractivity contribution in [2.24, 2.45) is 0 Å². The molecule has 0 radical (unpaired) electrons. The molecule has 1 aromatic heterocycles. The van der Waals surface area contributed by atoms with Gasteiger partial charge in [0.05, 0.1) is 9.83 Å². The van der Waals surface area contributed by atoms with E-state index in [4.69, 9.17) is 0 Å². The summed E-state index contributed by atoms with van der Waals surface area (Å²) in [6.07, 6.45) is 11.7. The van der Waals surface area contributed by atoms with Crippen LogP contribution in [0.4, 0.5) is 0 Å². The number of thiophene rings is 1. The highest BCUT2D eigenvalue weighted by molar-refractivity contribution is 9.11. The first-order chi connectivity index (χ1) is 9.72. The Labute approximate surface area is 136 Å². The Morgan fingerprint density at radius 2 is 2.10 bits per heavy atom. The average Bonchev–Trinajstić information content (AvgIpc) is 2.71. The fourth-order valence-corrected chi connectivity index (χ4v) is 4.50. The minimum absolute atomic E-state index is 0.433. The fourth-order valence-electron chi connectivity index (χ4n) is 2.81. The zero-order valence-corrected chi connectivity index (χ0v) is 15.1. The summed E-state index contributed by atoms with van der Waals surface area (Å²) in [7, 11) is 0. The van der Waals surface area contributed by atoms with Crippen LogP contribution in [0.3, 0.4) is 0 Å². The van der Waals surface area contributed by atoms with E-state index in [1.54, 1.807) is 5.57 Å². The molecule has 1 aromatic rings. The summed E-state index contributed by atoms with van der Waals surface area (Å²) < 4.78 is 1.28. The van der Waals surface area contributed by atoms with Crippen LogP contribution in [0.25, 0.3) is 0 Å². The lowest BCUT2D eigenvalue weighted by molar-refractivity contribution is 0.545. The maximum Gasteiger partial charge on any atom is 0.0731 e. The van der Waals surface area contributed by atoms with Gasteiger partial charge in [-0.3, -0.25) is 0 Å².